The highest BCUT2D eigenvalue weighted by Gasteiger charge is 2.22. The van der Waals surface area contributed by atoms with Gasteiger partial charge in [0.15, 0.2) is 29.0 Å². The van der Waals surface area contributed by atoms with Crippen LogP contribution in [0.3, 0.4) is 0 Å². The van der Waals surface area contributed by atoms with Gasteiger partial charge in [0.1, 0.15) is 5.82 Å². The predicted octanol–water partition coefficient (Wildman–Crippen LogP) is 5.68. The smallest absolute Gasteiger partial charge is 0.195 e. The van der Waals surface area contributed by atoms with Crippen LogP contribution in [0, 0.1) is 23.3 Å². The first kappa shape index (κ1) is 18.9. The van der Waals surface area contributed by atoms with E-state index in [0.29, 0.717) is 0 Å². The molecule has 2 aromatic carbocycles. The summed E-state index contributed by atoms with van der Waals surface area (Å²) in [5.74, 6) is -4.71. The third-order valence-corrected chi connectivity index (χ3v) is 3.97. The minimum Gasteiger partial charge on any atom is -0.494 e. The van der Waals surface area contributed by atoms with Crippen molar-refractivity contribution in [1.29, 1.82) is 0 Å². The lowest BCUT2D eigenvalue weighted by Gasteiger charge is -2.23. The third-order valence-electron chi connectivity index (χ3n) is 3.97. The summed E-state index contributed by atoms with van der Waals surface area (Å²) in [6.45, 7) is 5.55. The second-order valence-electron chi connectivity index (χ2n) is 7.15. The average Bonchev–Trinajstić information content (AvgIpc) is 2.59. The number of hydrogen-bond acceptors (Lipinski definition) is 3. The maximum atomic E-state index is 14.7. The molecule has 27 heavy (non-hydrogen) atoms. The molecule has 1 N–H and O–H groups in total. The van der Waals surface area contributed by atoms with Gasteiger partial charge in [0.05, 0.1) is 7.11 Å². The molecule has 0 saturated heterocycles. The fraction of sp³-hybridized carbons (Fsp3) is 0.250. The molecule has 0 aliphatic rings. The fourth-order valence-electron chi connectivity index (χ4n) is 2.82. The van der Waals surface area contributed by atoms with E-state index in [2.05, 4.69) is 10.3 Å². The summed E-state index contributed by atoms with van der Waals surface area (Å²) in [7, 11) is 1.32. The molecule has 0 radical (unpaired) electrons. The second kappa shape index (κ2) is 6.72. The Bertz CT molecular complexity index is 1030. The van der Waals surface area contributed by atoms with Gasteiger partial charge in [-0.3, -0.25) is 0 Å². The van der Waals surface area contributed by atoms with Crippen LogP contribution in [0.5, 0.6) is 5.75 Å². The van der Waals surface area contributed by atoms with Gasteiger partial charge in [0.25, 0.3) is 0 Å². The first-order valence-corrected chi connectivity index (χ1v) is 8.20. The zero-order chi connectivity index (χ0) is 19.9. The summed E-state index contributed by atoms with van der Waals surface area (Å²) < 4.78 is 61.5. The summed E-state index contributed by atoms with van der Waals surface area (Å²) in [4.78, 5) is 4.23. The van der Waals surface area contributed by atoms with Crippen molar-refractivity contribution in [3.63, 3.8) is 0 Å². The van der Waals surface area contributed by atoms with Crippen molar-refractivity contribution in [1.82, 2.24) is 4.98 Å². The summed E-state index contributed by atoms with van der Waals surface area (Å²) >= 11 is 0. The van der Waals surface area contributed by atoms with Crippen molar-refractivity contribution >= 4 is 16.6 Å². The molecule has 1 aromatic heterocycles. The van der Waals surface area contributed by atoms with Crippen molar-refractivity contribution in [2.45, 2.75) is 26.3 Å². The molecule has 3 rings (SSSR count). The van der Waals surface area contributed by atoms with Crippen molar-refractivity contribution < 1.29 is 22.3 Å². The van der Waals surface area contributed by atoms with Gasteiger partial charge in [-0.2, -0.15) is 0 Å². The molecule has 1 heterocycles. The molecule has 0 bridgehead atoms. The van der Waals surface area contributed by atoms with Gasteiger partial charge in [-0.15, -0.1) is 0 Å². The van der Waals surface area contributed by atoms with Crippen LogP contribution in [-0.2, 0) is 0 Å². The van der Waals surface area contributed by atoms with Gasteiger partial charge < -0.3 is 10.1 Å². The minimum absolute atomic E-state index is 0.0136. The predicted molar refractivity (Wildman–Crippen MR) is 96.9 cm³/mol. The number of ether oxygens (including phenoxy) is 1. The van der Waals surface area contributed by atoms with Crippen LogP contribution in [0.1, 0.15) is 20.8 Å². The third kappa shape index (κ3) is 3.54. The number of aromatic nitrogens is 1. The number of rotatable bonds is 3. The largest absolute Gasteiger partial charge is 0.494 e. The molecule has 0 aliphatic carbocycles. The van der Waals surface area contributed by atoms with E-state index in [1.54, 1.807) is 0 Å². The molecule has 3 aromatic rings. The summed E-state index contributed by atoms with van der Waals surface area (Å²) in [5.41, 5.74) is -0.0462. The molecule has 0 spiro atoms. The number of benzene rings is 2. The number of nitrogens with one attached hydrogen (secondary N) is 1. The first-order chi connectivity index (χ1) is 12.6. The molecular formula is C20H18F4N2O. The summed E-state index contributed by atoms with van der Waals surface area (Å²) in [6.07, 6.45) is 1.30. The van der Waals surface area contributed by atoms with E-state index in [0.717, 1.165) is 12.1 Å². The normalized spacial score (nSPS) is 11.7. The van der Waals surface area contributed by atoms with E-state index in [-0.39, 0.29) is 33.5 Å². The maximum Gasteiger partial charge on any atom is 0.195 e. The highest BCUT2D eigenvalue weighted by atomic mass is 19.2. The number of nitrogens with zero attached hydrogens (tertiary/aromatic N) is 1. The Hall–Kier alpha value is -2.83. The Morgan fingerprint density at radius 2 is 1.67 bits per heavy atom. The second-order valence-corrected chi connectivity index (χ2v) is 7.15. The average molecular weight is 378 g/mol. The molecule has 0 amide bonds. The van der Waals surface area contributed by atoms with Crippen molar-refractivity contribution in [3.05, 3.63) is 53.7 Å². The van der Waals surface area contributed by atoms with Crippen LogP contribution in [-0.4, -0.2) is 17.6 Å². The van der Waals surface area contributed by atoms with Crippen LogP contribution >= 0.6 is 0 Å². The van der Waals surface area contributed by atoms with E-state index in [4.69, 9.17) is 4.74 Å². The molecule has 7 heteroatoms. The van der Waals surface area contributed by atoms with Gasteiger partial charge in [0, 0.05) is 28.1 Å². The number of halogens is 4. The van der Waals surface area contributed by atoms with Crippen LogP contribution in [0.4, 0.5) is 23.4 Å². The van der Waals surface area contributed by atoms with Crippen LogP contribution in [0.2, 0.25) is 0 Å². The zero-order valence-corrected chi connectivity index (χ0v) is 15.3. The molecule has 0 saturated carbocycles. The molecule has 0 unspecified atom stereocenters. The van der Waals surface area contributed by atoms with Gasteiger partial charge in [-0.05, 0) is 44.5 Å². The van der Waals surface area contributed by atoms with Crippen LogP contribution < -0.4 is 10.1 Å². The number of fused-ring (bicyclic) bond motifs is 1. The van der Waals surface area contributed by atoms with Crippen molar-refractivity contribution in [3.8, 4) is 16.9 Å². The molecule has 0 atom stereocenters. The van der Waals surface area contributed by atoms with E-state index < -0.39 is 28.8 Å². The standard InChI is InChI=1S/C20H18F4N2O/c1-20(2,3)26-19-11-8-14(22)17(23)18(24)16(11)12(9-25-19)10-5-6-15(27-4)13(21)7-10/h5-9H,1-4H3,(H,25,26). The summed E-state index contributed by atoms with van der Waals surface area (Å²) in [5, 5.41) is 2.93. The van der Waals surface area contributed by atoms with Gasteiger partial charge in [0.2, 0.25) is 0 Å². The topological polar surface area (TPSA) is 34.1 Å². The minimum atomic E-state index is -1.59. The molecule has 3 nitrogen and oxygen atoms in total. The Morgan fingerprint density at radius 3 is 2.26 bits per heavy atom. The lowest BCUT2D eigenvalue weighted by molar-refractivity contribution is 0.386. The molecule has 0 aliphatic heterocycles. The van der Waals surface area contributed by atoms with E-state index in [1.807, 2.05) is 20.8 Å². The number of pyridine rings is 1. The molecular weight excluding hydrogens is 360 g/mol. The molecule has 142 valence electrons. The Morgan fingerprint density at radius 1 is 0.963 bits per heavy atom. The van der Waals surface area contributed by atoms with Crippen LogP contribution in [0.15, 0.2) is 30.5 Å². The Kier molecular flexibility index (Phi) is 4.71. The van der Waals surface area contributed by atoms with Crippen molar-refractivity contribution in [2.75, 3.05) is 12.4 Å². The van der Waals surface area contributed by atoms with E-state index in [9.17, 15) is 17.6 Å². The maximum absolute atomic E-state index is 14.7. The number of hydrogen-bond donors (Lipinski definition) is 1. The van der Waals surface area contributed by atoms with E-state index in [1.165, 1.54) is 25.4 Å². The van der Waals surface area contributed by atoms with Crippen molar-refractivity contribution in [2.24, 2.45) is 0 Å². The zero-order valence-electron chi connectivity index (χ0n) is 15.3. The van der Waals surface area contributed by atoms with Gasteiger partial charge >= 0.3 is 0 Å². The summed E-state index contributed by atoms with van der Waals surface area (Å²) in [6, 6.07) is 4.89. The van der Waals surface area contributed by atoms with Gasteiger partial charge in [-0.25, -0.2) is 22.5 Å². The lowest BCUT2D eigenvalue weighted by Crippen LogP contribution is -2.26. The van der Waals surface area contributed by atoms with Gasteiger partial charge in [-0.1, -0.05) is 6.07 Å². The number of anilines is 1. The monoisotopic (exact) mass is 378 g/mol. The Balaban J connectivity index is 2.33. The molecule has 0 fully saturated rings. The highest BCUT2D eigenvalue weighted by molar-refractivity contribution is 6.02. The Labute approximate surface area is 154 Å². The van der Waals surface area contributed by atoms with E-state index >= 15 is 0 Å². The number of methoxy groups -OCH3 is 1. The SMILES string of the molecule is COc1ccc(-c2cnc(NC(C)(C)C)c3cc(F)c(F)c(F)c23)cc1F. The quantitative estimate of drug-likeness (QED) is 0.470. The lowest BCUT2D eigenvalue weighted by atomic mass is 9.98. The highest BCUT2D eigenvalue weighted by Crippen LogP contribution is 2.37. The van der Waals surface area contributed by atoms with Crippen LogP contribution in [0.25, 0.3) is 21.9 Å². The first-order valence-electron chi connectivity index (χ1n) is 8.20. The fourth-order valence-corrected chi connectivity index (χ4v) is 2.82.